The number of aromatic nitrogens is 2. The van der Waals surface area contributed by atoms with Crippen molar-refractivity contribution >= 4 is 73.9 Å². The Bertz CT molecular complexity index is 1510. The van der Waals surface area contributed by atoms with Gasteiger partial charge < -0.3 is 9.55 Å². The molecule has 6 nitrogen and oxygen atoms in total. The Balaban J connectivity index is 1.75. The summed E-state index contributed by atoms with van der Waals surface area (Å²) in [5.74, 6) is -0.754. The third-order valence-electron chi connectivity index (χ3n) is 5.87. The molecule has 5 rings (SSSR count). The van der Waals surface area contributed by atoms with Crippen molar-refractivity contribution in [1.82, 2.24) is 14.9 Å². The van der Waals surface area contributed by atoms with E-state index in [0.717, 1.165) is 44.2 Å². The van der Waals surface area contributed by atoms with E-state index in [2.05, 4.69) is 43.3 Å². The number of aromatic amines is 1. The second-order valence-corrected chi connectivity index (χ2v) is 8.73. The lowest BCUT2D eigenvalue weighted by Crippen LogP contribution is -2.22. The summed E-state index contributed by atoms with van der Waals surface area (Å²) in [5.41, 5.74) is 4.24. The number of fused-ring (bicyclic) bond motifs is 2. The van der Waals surface area contributed by atoms with Crippen LogP contribution in [0.3, 0.4) is 0 Å². The van der Waals surface area contributed by atoms with Gasteiger partial charge in [0, 0.05) is 51.2 Å². The predicted molar refractivity (Wildman–Crippen MR) is 136 cm³/mol. The van der Waals surface area contributed by atoms with Crippen molar-refractivity contribution in [2.75, 3.05) is 12.8 Å². The number of imide groups is 1. The average molecular weight is 473 g/mol. The number of rotatable bonds is 7. The number of thioether (sulfide) groups is 1. The third-order valence-corrected chi connectivity index (χ3v) is 6.77. The summed E-state index contributed by atoms with van der Waals surface area (Å²) in [7, 11) is 0. The first-order valence-corrected chi connectivity index (χ1v) is 12.1. The molecule has 33 heavy (non-hydrogen) atoms. The molecule has 0 bridgehead atoms. The van der Waals surface area contributed by atoms with Crippen molar-refractivity contribution in [2.45, 2.75) is 17.9 Å². The number of benzene rings is 2. The van der Waals surface area contributed by atoms with Gasteiger partial charge in [0.05, 0.1) is 28.4 Å². The number of hydrogen-bond acceptors (Lipinski definition) is 5. The average Bonchev–Trinajstić information content (AvgIpc) is 3.49. The van der Waals surface area contributed by atoms with Crippen molar-refractivity contribution in [1.29, 1.82) is 0 Å². The monoisotopic (exact) mass is 472 g/mol. The topological polar surface area (TPSA) is 79.2 Å². The molecular formula is C25H20N4O2S2. The van der Waals surface area contributed by atoms with Gasteiger partial charge in [0.1, 0.15) is 0 Å². The molecule has 2 amide bonds. The lowest BCUT2D eigenvalue weighted by molar-refractivity contribution is -0.122. The van der Waals surface area contributed by atoms with E-state index in [1.165, 1.54) is 0 Å². The minimum Gasteiger partial charge on any atom is -0.361 e. The van der Waals surface area contributed by atoms with Crippen LogP contribution in [0.25, 0.3) is 33.0 Å². The Hall–Kier alpha value is -3.45. The molecule has 2 N–H and O–H groups in total. The second kappa shape index (κ2) is 8.83. The first-order chi connectivity index (χ1) is 16.1. The molecule has 3 heterocycles. The minimum atomic E-state index is -0.378. The summed E-state index contributed by atoms with van der Waals surface area (Å²) in [6.07, 6.45) is 6.60. The molecule has 2 aromatic heterocycles. The smallest absolute Gasteiger partial charge is 0.259 e. The molecule has 0 saturated heterocycles. The van der Waals surface area contributed by atoms with Crippen molar-refractivity contribution < 1.29 is 9.59 Å². The van der Waals surface area contributed by atoms with Crippen molar-refractivity contribution in [3.8, 4) is 0 Å². The van der Waals surface area contributed by atoms with Crippen LogP contribution in [0.5, 0.6) is 0 Å². The molecule has 0 fully saturated rings. The van der Waals surface area contributed by atoms with E-state index in [1.54, 1.807) is 18.0 Å². The third kappa shape index (κ3) is 3.62. The Kier molecular flexibility index (Phi) is 5.72. The number of isothiocyanates is 1. The number of H-pyrrole nitrogens is 1. The van der Waals surface area contributed by atoms with Gasteiger partial charge in [-0.2, -0.15) is 0 Å². The van der Waals surface area contributed by atoms with Crippen molar-refractivity contribution in [2.24, 2.45) is 4.99 Å². The van der Waals surface area contributed by atoms with Gasteiger partial charge in [-0.1, -0.05) is 30.3 Å². The molecule has 0 saturated carbocycles. The zero-order valence-corrected chi connectivity index (χ0v) is 19.5. The number of aryl methyl sites for hydroxylation is 1. The highest BCUT2D eigenvalue weighted by atomic mass is 32.2. The van der Waals surface area contributed by atoms with Crippen LogP contribution in [0.15, 0.2) is 64.7 Å². The van der Waals surface area contributed by atoms with Crippen LogP contribution < -0.4 is 5.32 Å². The maximum atomic E-state index is 13.1. The Morgan fingerprint density at radius 2 is 1.79 bits per heavy atom. The molecule has 1 aliphatic rings. The molecule has 0 radical (unpaired) electrons. The van der Waals surface area contributed by atoms with Crippen LogP contribution in [0, 0.1) is 0 Å². The number of para-hydroxylation sites is 2. The summed E-state index contributed by atoms with van der Waals surface area (Å²) in [5, 5.41) is 6.77. The van der Waals surface area contributed by atoms with Gasteiger partial charge in [0.25, 0.3) is 11.8 Å². The molecule has 4 aromatic rings. The highest BCUT2D eigenvalue weighted by Gasteiger charge is 2.35. The molecule has 164 valence electrons. The minimum absolute atomic E-state index is 0.376. The lowest BCUT2D eigenvalue weighted by atomic mass is 9.95. The second-order valence-electron chi connectivity index (χ2n) is 7.70. The summed E-state index contributed by atoms with van der Waals surface area (Å²) in [6.45, 7) is 1.29. The van der Waals surface area contributed by atoms with Gasteiger partial charge in [-0.15, -0.1) is 11.8 Å². The SMILES string of the molecule is CSc1cccc2c(C3=C(c4c[nH]c5ccccc45)C(=O)NC3=O)cn(CCCN=C=S)c12. The fraction of sp³-hybridized carbons (Fsp3) is 0.160. The van der Waals surface area contributed by atoms with Crippen LogP contribution in [0.1, 0.15) is 17.5 Å². The number of hydrogen-bond donors (Lipinski definition) is 2. The van der Waals surface area contributed by atoms with Gasteiger partial charge in [0.2, 0.25) is 0 Å². The first-order valence-electron chi connectivity index (χ1n) is 10.5. The summed E-state index contributed by atoms with van der Waals surface area (Å²) in [6, 6.07) is 13.8. The summed E-state index contributed by atoms with van der Waals surface area (Å²) in [4.78, 5) is 34.4. The Labute approximate surface area is 199 Å². The van der Waals surface area contributed by atoms with Gasteiger partial charge in [0.15, 0.2) is 0 Å². The molecule has 2 aromatic carbocycles. The normalized spacial score (nSPS) is 13.7. The number of carbonyl (C=O) groups excluding carboxylic acids is 2. The fourth-order valence-corrected chi connectivity index (χ4v) is 5.21. The number of amides is 2. The van der Waals surface area contributed by atoms with Crippen molar-refractivity contribution in [3.63, 3.8) is 0 Å². The number of nitrogens with one attached hydrogen (secondary N) is 2. The highest BCUT2D eigenvalue weighted by molar-refractivity contribution is 7.98. The zero-order valence-electron chi connectivity index (χ0n) is 17.8. The van der Waals surface area contributed by atoms with Gasteiger partial charge in [-0.25, -0.2) is 4.99 Å². The van der Waals surface area contributed by atoms with Crippen molar-refractivity contribution in [3.05, 3.63) is 66.0 Å². The van der Waals surface area contributed by atoms with E-state index < -0.39 is 0 Å². The van der Waals surface area contributed by atoms with E-state index in [0.29, 0.717) is 24.2 Å². The van der Waals surface area contributed by atoms with Crippen LogP contribution >= 0.6 is 24.0 Å². The largest absolute Gasteiger partial charge is 0.361 e. The standard InChI is InChI=1S/C25H20N4O2S2/c1-33-20-9-4-7-16-18(13-29(23(16)20)11-5-10-26-14-32)22-21(24(30)28-25(22)31)17-12-27-19-8-3-2-6-15(17)19/h2-4,6-9,12-13,27H,5,10-11H2,1H3,(H,28,30,31). The van der Waals surface area contributed by atoms with E-state index in [1.807, 2.05) is 48.9 Å². The van der Waals surface area contributed by atoms with Crippen LogP contribution in [-0.4, -0.2) is 39.3 Å². The fourth-order valence-electron chi connectivity index (χ4n) is 4.48. The molecule has 0 unspecified atom stereocenters. The van der Waals surface area contributed by atoms with E-state index in [9.17, 15) is 9.59 Å². The van der Waals surface area contributed by atoms with Crippen LogP contribution in [-0.2, 0) is 16.1 Å². The number of aliphatic imine (C=N–C) groups is 1. The quantitative estimate of drug-likeness (QED) is 0.132. The van der Waals surface area contributed by atoms with E-state index in [4.69, 9.17) is 0 Å². The number of thiocarbonyl (C=S) groups is 1. The molecule has 0 atom stereocenters. The molecule has 8 heteroatoms. The van der Waals surface area contributed by atoms with Crippen LogP contribution in [0.4, 0.5) is 0 Å². The molecule has 0 spiro atoms. The van der Waals surface area contributed by atoms with Gasteiger partial charge in [-0.05, 0) is 37.0 Å². The van der Waals surface area contributed by atoms with Gasteiger partial charge >= 0.3 is 0 Å². The van der Waals surface area contributed by atoms with E-state index in [-0.39, 0.29) is 11.8 Å². The molecular weight excluding hydrogens is 452 g/mol. The lowest BCUT2D eigenvalue weighted by Gasteiger charge is -2.07. The maximum Gasteiger partial charge on any atom is 0.259 e. The first kappa shape index (κ1) is 21.4. The maximum absolute atomic E-state index is 13.1. The molecule has 0 aliphatic carbocycles. The predicted octanol–water partition coefficient (Wildman–Crippen LogP) is 4.90. The van der Waals surface area contributed by atoms with Gasteiger partial charge in [-0.3, -0.25) is 14.9 Å². The Morgan fingerprint density at radius 1 is 1.03 bits per heavy atom. The summed E-state index contributed by atoms with van der Waals surface area (Å²) >= 11 is 6.32. The Morgan fingerprint density at radius 3 is 2.58 bits per heavy atom. The zero-order chi connectivity index (χ0) is 22.9. The highest BCUT2D eigenvalue weighted by Crippen LogP contribution is 2.40. The number of carbonyl (C=O) groups is 2. The van der Waals surface area contributed by atoms with Crippen LogP contribution in [0.2, 0.25) is 0 Å². The number of nitrogens with zero attached hydrogens (tertiary/aromatic N) is 2. The molecule has 1 aliphatic heterocycles. The summed E-state index contributed by atoms with van der Waals surface area (Å²) < 4.78 is 2.14. The van der Waals surface area contributed by atoms with E-state index >= 15 is 0 Å².